The second-order valence-corrected chi connectivity index (χ2v) is 4.69. The van der Waals surface area contributed by atoms with Gasteiger partial charge in [-0.1, -0.05) is 13.8 Å². The van der Waals surface area contributed by atoms with E-state index in [0.29, 0.717) is 11.7 Å². The van der Waals surface area contributed by atoms with Gasteiger partial charge in [0.15, 0.2) is 5.82 Å². The molecule has 0 saturated carbocycles. The van der Waals surface area contributed by atoms with Crippen LogP contribution < -0.4 is 5.32 Å². The Morgan fingerprint density at radius 3 is 2.50 bits per heavy atom. The van der Waals surface area contributed by atoms with Gasteiger partial charge in [0.2, 0.25) is 0 Å². The molecule has 18 heavy (non-hydrogen) atoms. The summed E-state index contributed by atoms with van der Waals surface area (Å²) in [5, 5.41) is 3.16. The molecule has 0 radical (unpaired) electrons. The fourth-order valence-electron chi connectivity index (χ4n) is 2.15. The minimum absolute atomic E-state index is 0.396. The molecule has 0 unspecified atom stereocenters. The highest BCUT2D eigenvalue weighted by Gasteiger charge is 2.15. The summed E-state index contributed by atoms with van der Waals surface area (Å²) in [6.45, 7) is 6.32. The van der Waals surface area contributed by atoms with Gasteiger partial charge in [-0.15, -0.1) is 0 Å². The van der Waals surface area contributed by atoms with Gasteiger partial charge in [0.25, 0.3) is 0 Å². The molecule has 0 saturated heterocycles. The smallest absolute Gasteiger partial charge is 0.180 e. The average Bonchev–Trinajstić information content (AvgIpc) is 2.73. The average molecular weight is 245 g/mol. The first-order valence-electron chi connectivity index (χ1n) is 6.07. The molecule has 0 aliphatic rings. The van der Waals surface area contributed by atoms with E-state index in [9.17, 15) is 0 Å². The lowest BCUT2D eigenvalue weighted by Gasteiger charge is -2.15. The zero-order chi connectivity index (χ0) is 13.3. The number of aromatic nitrogens is 4. The van der Waals surface area contributed by atoms with Crippen LogP contribution in [-0.4, -0.2) is 26.6 Å². The molecule has 0 spiro atoms. The van der Waals surface area contributed by atoms with Crippen LogP contribution in [0, 0.1) is 6.92 Å². The summed E-state index contributed by atoms with van der Waals surface area (Å²) >= 11 is 0. The summed E-state index contributed by atoms with van der Waals surface area (Å²) in [7, 11) is 3.83. The van der Waals surface area contributed by atoms with E-state index in [1.165, 1.54) is 5.56 Å². The van der Waals surface area contributed by atoms with E-state index in [1.807, 2.05) is 25.6 Å². The lowest BCUT2D eigenvalue weighted by Crippen LogP contribution is -2.08. The number of hydrogen-bond donors (Lipinski definition) is 1. The summed E-state index contributed by atoms with van der Waals surface area (Å²) in [5.41, 5.74) is 3.11. The zero-order valence-electron chi connectivity index (χ0n) is 11.5. The van der Waals surface area contributed by atoms with E-state index in [-0.39, 0.29) is 0 Å². The highest BCUT2D eigenvalue weighted by atomic mass is 15.1. The van der Waals surface area contributed by atoms with E-state index < -0.39 is 0 Å². The Morgan fingerprint density at radius 1 is 1.28 bits per heavy atom. The van der Waals surface area contributed by atoms with E-state index in [0.717, 1.165) is 17.2 Å². The molecule has 0 aliphatic carbocycles. The molecule has 96 valence electrons. The molecule has 2 heterocycles. The molecule has 0 fully saturated rings. The van der Waals surface area contributed by atoms with Gasteiger partial charge in [-0.25, -0.2) is 15.0 Å². The Balaban J connectivity index is 2.60. The van der Waals surface area contributed by atoms with E-state index in [2.05, 4.69) is 34.1 Å². The monoisotopic (exact) mass is 245 g/mol. The molecule has 0 bridgehead atoms. The van der Waals surface area contributed by atoms with E-state index in [1.54, 1.807) is 12.5 Å². The first-order valence-corrected chi connectivity index (χ1v) is 6.07. The summed E-state index contributed by atoms with van der Waals surface area (Å²) < 4.78 is 1.92. The molecule has 0 atom stereocenters. The third kappa shape index (κ3) is 2.08. The van der Waals surface area contributed by atoms with Gasteiger partial charge >= 0.3 is 0 Å². The van der Waals surface area contributed by atoms with Crippen LogP contribution in [0.2, 0.25) is 0 Å². The number of hydrogen-bond acceptors (Lipinski definition) is 4. The molecule has 5 heteroatoms. The van der Waals surface area contributed by atoms with E-state index in [4.69, 9.17) is 0 Å². The largest absolute Gasteiger partial charge is 0.373 e. The van der Waals surface area contributed by atoms with Gasteiger partial charge in [0.1, 0.15) is 11.5 Å². The fourth-order valence-corrected chi connectivity index (χ4v) is 2.15. The highest BCUT2D eigenvalue weighted by molar-refractivity contribution is 5.57. The van der Waals surface area contributed by atoms with Gasteiger partial charge in [-0.3, -0.25) is 0 Å². The molecule has 5 nitrogen and oxygen atoms in total. The lowest BCUT2D eigenvalue weighted by molar-refractivity contribution is 0.829. The van der Waals surface area contributed by atoms with Crippen LogP contribution in [0.4, 0.5) is 5.82 Å². The van der Waals surface area contributed by atoms with Crippen LogP contribution in [0.1, 0.15) is 31.0 Å². The van der Waals surface area contributed by atoms with Crippen molar-refractivity contribution in [1.82, 2.24) is 19.5 Å². The van der Waals surface area contributed by atoms with Gasteiger partial charge in [0, 0.05) is 25.4 Å². The van der Waals surface area contributed by atoms with Gasteiger partial charge in [-0.05, 0) is 12.8 Å². The standard InChI is InChI=1S/C13H19N5/c1-8(2)11-9(3)16-12(17-13(11)14-4)10-6-15-7-18(10)5/h6-8H,1-5H3,(H,14,16,17). The van der Waals surface area contributed by atoms with Gasteiger partial charge in [-0.2, -0.15) is 0 Å². The van der Waals surface area contributed by atoms with Crippen molar-refractivity contribution in [2.75, 3.05) is 12.4 Å². The Hall–Kier alpha value is -1.91. The molecule has 2 rings (SSSR count). The summed E-state index contributed by atoms with van der Waals surface area (Å²) in [5.74, 6) is 2.00. The summed E-state index contributed by atoms with van der Waals surface area (Å²) in [6.07, 6.45) is 3.53. The molecular weight excluding hydrogens is 226 g/mol. The fraction of sp³-hybridized carbons (Fsp3) is 0.462. The predicted octanol–water partition coefficient (Wildman–Crippen LogP) is 2.35. The maximum atomic E-state index is 4.59. The SMILES string of the molecule is CNc1nc(-c2cncn2C)nc(C)c1C(C)C. The quantitative estimate of drug-likeness (QED) is 0.901. The van der Waals surface area contributed by atoms with Crippen molar-refractivity contribution in [3.8, 4) is 11.5 Å². The maximum absolute atomic E-state index is 4.59. The first kappa shape index (κ1) is 12.5. The lowest BCUT2D eigenvalue weighted by atomic mass is 10.0. The Morgan fingerprint density at radius 2 is 2.00 bits per heavy atom. The second kappa shape index (κ2) is 4.76. The zero-order valence-corrected chi connectivity index (χ0v) is 11.5. The van der Waals surface area contributed by atoms with E-state index >= 15 is 0 Å². The number of nitrogens with one attached hydrogen (secondary N) is 1. The number of aryl methyl sites for hydroxylation is 2. The van der Waals surface area contributed by atoms with Gasteiger partial charge in [0.05, 0.1) is 12.5 Å². The van der Waals surface area contributed by atoms with Crippen molar-refractivity contribution in [2.24, 2.45) is 7.05 Å². The van der Waals surface area contributed by atoms with Crippen molar-refractivity contribution in [1.29, 1.82) is 0 Å². The molecule has 0 aliphatic heterocycles. The predicted molar refractivity (Wildman–Crippen MR) is 72.6 cm³/mol. The number of rotatable bonds is 3. The van der Waals surface area contributed by atoms with Crippen molar-refractivity contribution >= 4 is 5.82 Å². The third-order valence-corrected chi connectivity index (χ3v) is 3.00. The molecule has 2 aromatic heterocycles. The Bertz CT molecular complexity index is 557. The van der Waals surface area contributed by atoms with Crippen molar-refractivity contribution in [2.45, 2.75) is 26.7 Å². The van der Waals surface area contributed by atoms with Crippen LogP contribution in [0.15, 0.2) is 12.5 Å². The van der Waals surface area contributed by atoms with Crippen molar-refractivity contribution in [3.05, 3.63) is 23.8 Å². The molecule has 0 aromatic carbocycles. The number of anilines is 1. The van der Waals surface area contributed by atoms with Crippen LogP contribution in [-0.2, 0) is 7.05 Å². The van der Waals surface area contributed by atoms with Crippen molar-refractivity contribution < 1.29 is 0 Å². The van der Waals surface area contributed by atoms with Crippen molar-refractivity contribution in [3.63, 3.8) is 0 Å². The molecule has 1 N–H and O–H groups in total. The summed E-state index contributed by atoms with van der Waals surface area (Å²) in [4.78, 5) is 13.3. The maximum Gasteiger partial charge on any atom is 0.180 e. The minimum Gasteiger partial charge on any atom is -0.373 e. The summed E-state index contributed by atoms with van der Waals surface area (Å²) in [6, 6.07) is 0. The topological polar surface area (TPSA) is 55.6 Å². The molecule has 0 amide bonds. The Kier molecular flexibility index (Phi) is 3.32. The molecule has 2 aromatic rings. The Labute approximate surface area is 107 Å². The minimum atomic E-state index is 0.396. The van der Waals surface area contributed by atoms with Crippen LogP contribution >= 0.6 is 0 Å². The number of imidazole rings is 1. The first-order chi connectivity index (χ1) is 8.54. The number of nitrogens with zero attached hydrogens (tertiary/aromatic N) is 4. The third-order valence-electron chi connectivity index (χ3n) is 3.00. The molecular formula is C13H19N5. The highest BCUT2D eigenvalue weighted by Crippen LogP contribution is 2.27. The second-order valence-electron chi connectivity index (χ2n) is 4.69. The van der Waals surface area contributed by atoms with Crippen LogP contribution in [0.5, 0.6) is 0 Å². The van der Waals surface area contributed by atoms with Crippen LogP contribution in [0.3, 0.4) is 0 Å². The normalized spacial score (nSPS) is 11.0. The van der Waals surface area contributed by atoms with Gasteiger partial charge < -0.3 is 9.88 Å². The van der Waals surface area contributed by atoms with Crippen LogP contribution in [0.25, 0.3) is 11.5 Å².